The summed E-state index contributed by atoms with van der Waals surface area (Å²) in [5.74, 6) is 1.51. The first-order chi connectivity index (χ1) is 17.5. The monoisotopic (exact) mass is 505 g/mol. The van der Waals surface area contributed by atoms with E-state index in [1.54, 1.807) is 6.92 Å². The lowest BCUT2D eigenvalue weighted by molar-refractivity contribution is -0.129. The number of benzene rings is 2. The van der Waals surface area contributed by atoms with Gasteiger partial charge >= 0.3 is 0 Å². The minimum absolute atomic E-state index is 0.0993. The standard InChI is InChI=1S/C26H28ClN7O2/c1-15-3-4-22-20(13-28-32-22)24(15)18-12-23-19(11-21(18)27)25(34-8-6-33(7-9-34)16(2)35)31-26(30-23)29-17-5-10-36-14-17/h3-4,11-13,17H,5-10,14H2,1-2H3,(H,28,32)(H,29,30,31). The Morgan fingerprint density at radius 1 is 1.17 bits per heavy atom. The topological polar surface area (TPSA) is 99.3 Å². The third kappa shape index (κ3) is 4.12. The normalized spacial score (nSPS) is 18.4. The second-order valence-corrected chi connectivity index (χ2v) is 9.91. The van der Waals surface area contributed by atoms with Crippen molar-refractivity contribution in [1.29, 1.82) is 0 Å². The Morgan fingerprint density at radius 2 is 2.00 bits per heavy atom. The van der Waals surface area contributed by atoms with Gasteiger partial charge in [0.25, 0.3) is 0 Å². The van der Waals surface area contributed by atoms with Crippen LogP contribution in [0.2, 0.25) is 5.02 Å². The molecule has 2 saturated heterocycles. The molecule has 1 amide bonds. The molecule has 36 heavy (non-hydrogen) atoms. The molecule has 186 valence electrons. The Kier molecular flexibility index (Phi) is 5.89. The van der Waals surface area contributed by atoms with Gasteiger partial charge in [0.1, 0.15) is 5.82 Å². The van der Waals surface area contributed by atoms with Gasteiger partial charge in [0.05, 0.1) is 29.9 Å². The Hall–Kier alpha value is -3.43. The second-order valence-electron chi connectivity index (χ2n) is 9.51. The molecule has 2 aromatic carbocycles. The van der Waals surface area contributed by atoms with Gasteiger partial charge in [-0.3, -0.25) is 9.89 Å². The molecular formula is C26H28ClN7O2. The highest BCUT2D eigenvalue weighted by molar-refractivity contribution is 6.35. The van der Waals surface area contributed by atoms with Crippen molar-refractivity contribution >= 4 is 51.1 Å². The molecule has 1 unspecified atom stereocenters. The number of ether oxygens (including phenoxy) is 1. The number of rotatable bonds is 4. The fourth-order valence-corrected chi connectivity index (χ4v) is 5.44. The average Bonchev–Trinajstić information content (AvgIpc) is 3.56. The van der Waals surface area contributed by atoms with Gasteiger partial charge in [0.2, 0.25) is 11.9 Å². The molecule has 0 bridgehead atoms. The molecule has 0 spiro atoms. The zero-order chi connectivity index (χ0) is 24.8. The van der Waals surface area contributed by atoms with Gasteiger partial charge in [-0.1, -0.05) is 17.7 Å². The minimum atomic E-state index is 0.0993. The van der Waals surface area contributed by atoms with Gasteiger partial charge in [-0.25, -0.2) is 4.98 Å². The summed E-state index contributed by atoms with van der Waals surface area (Å²) in [6.45, 7) is 7.79. The lowest BCUT2D eigenvalue weighted by atomic mass is 9.96. The molecule has 9 nitrogen and oxygen atoms in total. The van der Waals surface area contributed by atoms with Crippen LogP contribution in [-0.4, -0.2) is 76.4 Å². The number of hydrogen-bond acceptors (Lipinski definition) is 7. The summed E-state index contributed by atoms with van der Waals surface area (Å²) in [6.07, 6.45) is 2.76. The predicted octanol–water partition coefficient (Wildman–Crippen LogP) is 4.00. The molecule has 6 rings (SSSR count). The number of carbonyl (C=O) groups excluding carboxylic acids is 1. The summed E-state index contributed by atoms with van der Waals surface area (Å²) < 4.78 is 5.54. The maximum atomic E-state index is 11.9. The molecule has 2 aliphatic rings. The second kappa shape index (κ2) is 9.22. The van der Waals surface area contributed by atoms with Crippen LogP contribution in [-0.2, 0) is 9.53 Å². The number of piperazine rings is 1. The number of nitrogens with one attached hydrogen (secondary N) is 2. The number of amides is 1. The molecule has 4 aromatic rings. The van der Waals surface area contributed by atoms with E-state index >= 15 is 0 Å². The summed E-state index contributed by atoms with van der Waals surface area (Å²) >= 11 is 6.94. The van der Waals surface area contributed by atoms with Crippen LogP contribution in [0.3, 0.4) is 0 Å². The van der Waals surface area contributed by atoms with Crippen molar-refractivity contribution in [2.45, 2.75) is 26.3 Å². The minimum Gasteiger partial charge on any atom is -0.379 e. The van der Waals surface area contributed by atoms with E-state index in [9.17, 15) is 4.79 Å². The Labute approximate surface area is 213 Å². The number of anilines is 2. The van der Waals surface area contributed by atoms with Crippen LogP contribution in [0, 0.1) is 6.92 Å². The van der Waals surface area contributed by atoms with E-state index in [-0.39, 0.29) is 11.9 Å². The van der Waals surface area contributed by atoms with E-state index in [1.165, 1.54) is 0 Å². The largest absolute Gasteiger partial charge is 0.379 e. The predicted molar refractivity (Wildman–Crippen MR) is 142 cm³/mol. The summed E-state index contributed by atoms with van der Waals surface area (Å²) in [6, 6.07) is 8.31. The third-order valence-electron chi connectivity index (χ3n) is 7.15. The van der Waals surface area contributed by atoms with Crippen molar-refractivity contribution in [2.24, 2.45) is 0 Å². The van der Waals surface area contributed by atoms with Crippen molar-refractivity contribution < 1.29 is 9.53 Å². The molecule has 2 fully saturated rings. The quantitative estimate of drug-likeness (QED) is 0.432. The van der Waals surface area contributed by atoms with Crippen molar-refractivity contribution in [2.75, 3.05) is 49.6 Å². The molecule has 1 atom stereocenters. The van der Waals surface area contributed by atoms with Crippen LogP contribution in [0.25, 0.3) is 32.9 Å². The van der Waals surface area contributed by atoms with Gasteiger partial charge < -0.3 is 19.9 Å². The first-order valence-electron chi connectivity index (χ1n) is 12.3. The maximum Gasteiger partial charge on any atom is 0.225 e. The van der Waals surface area contributed by atoms with Crippen molar-refractivity contribution in [1.82, 2.24) is 25.1 Å². The van der Waals surface area contributed by atoms with Crippen LogP contribution in [0.15, 0.2) is 30.5 Å². The number of aromatic amines is 1. The van der Waals surface area contributed by atoms with Crippen molar-refractivity contribution in [3.63, 3.8) is 0 Å². The van der Waals surface area contributed by atoms with Crippen molar-refractivity contribution in [3.8, 4) is 11.1 Å². The van der Waals surface area contributed by atoms with Crippen LogP contribution in [0.1, 0.15) is 18.9 Å². The molecule has 10 heteroatoms. The molecule has 0 aliphatic carbocycles. The number of carbonyl (C=O) groups is 1. The number of halogens is 1. The summed E-state index contributed by atoms with van der Waals surface area (Å²) in [5.41, 5.74) is 4.84. The van der Waals surface area contributed by atoms with E-state index in [1.807, 2.05) is 23.2 Å². The first kappa shape index (κ1) is 23.0. The maximum absolute atomic E-state index is 11.9. The summed E-state index contributed by atoms with van der Waals surface area (Å²) in [5, 5.41) is 13.3. The van der Waals surface area contributed by atoms with Gasteiger partial charge in [-0.2, -0.15) is 10.1 Å². The smallest absolute Gasteiger partial charge is 0.225 e. The summed E-state index contributed by atoms with van der Waals surface area (Å²) in [4.78, 5) is 25.8. The lowest BCUT2D eigenvalue weighted by Gasteiger charge is -2.35. The van der Waals surface area contributed by atoms with Gasteiger partial charge in [-0.05, 0) is 42.7 Å². The average molecular weight is 506 g/mol. The zero-order valence-corrected chi connectivity index (χ0v) is 21.1. The number of aryl methyl sites for hydroxylation is 1. The molecule has 0 saturated carbocycles. The van der Waals surface area contributed by atoms with E-state index in [0.29, 0.717) is 43.8 Å². The molecule has 2 aliphatic heterocycles. The van der Waals surface area contributed by atoms with E-state index in [0.717, 1.165) is 57.3 Å². The highest BCUT2D eigenvalue weighted by Crippen LogP contribution is 2.39. The SMILES string of the molecule is CC(=O)N1CCN(c2nc(NC3CCOC3)nc3cc(-c4c(C)ccc5[nH]ncc45)c(Cl)cc23)CC1. The Morgan fingerprint density at radius 3 is 2.75 bits per heavy atom. The van der Waals surface area contributed by atoms with E-state index in [4.69, 9.17) is 26.3 Å². The van der Waals surface area contributed by atoms with Gasteiger partial charge in [0, 0.05) is 61.1 Å². The highest BCUT2D eigenvalue weighted by Gasteiger charge is 2.25. The van der Waals surface area contributed by atoms with Crippen LogP contribution in [0.4, 0.5) is 11.8 Å². The van der Waals surface area contributed by atoms with Crippen LogP contribution >= 0.6 is 11.6 Å². The Bertz CT molecular complexity index is 1460. The fourth-order valence-electron chi connectivity index (χ4n) is 5.18. The molecule has 2 aromatic heterocycles. The van der Waals surface area contributed by atoms with Crippen LogP contribution < -0.4 is 10.2 Å². The number of H-pyrrole nitrogens is 1. The Balaban J connectivity index is 1.48. The molecule has 2 N–H and O–H groups in total. The summed E-state index contributed by atoms with van der Waals surface area (Å²) in [7, 11) is 0. The highest BCUT2D eigenvalue weighted by atomic mass is 35.5. The number of fused-ring (bicyclic) bond motifs is 2. The van der Waals surface area contributed by atoms with E-state index < -0.39 is 0 Å². The zero-order valence-electron chi connectivity index (χ0n) is 20.3. The molecule has 4 heterocycles. The van der Waals surface area contributed by atoms with Crippen molar-refractivity contribution in [3.05, 3.63) is 41.0 Å². The molecular weight excluding hydrogens is 478 g/mol. The lowest BCUT2D eigenvalue weighted by Crippen LogP contribution is -2.48. The van der Waals surface area contributed by atoms with E-state index in [2.05, 4.69) is 39.5 Å². The number of hydrogen-bond donors (Lipinski definition) is 2. The van der Waals surface area contributed by atoms with Gasteiger partial charge in [0.15, 0.2) is 0 Å². The first-order valence-corrected chi connectivity index (χ1v) is 12.6. The molecule has 0 radical (unpaired) electrons. The number of nitrogens with zero attached hydrogens (tertiary/aromatic N) is 5. The number of aromatic nitrogens is 4. The fraction of sp³-hybridized carbons (Fsp3) is 0.385. The van der Waals surface area contributed by atoms with Gasteiger partial charge in [-0.15, -0.1) is 0 Å². The third-order valence-corrected chi connectivity index (χ3v) is 7.47. The van der Waals surface area contributed by atoms with Crippen LogP contribution in [0.5, 0.6) is 0 Å².